The number of imidazole rings is 1. The molecular weight excluding hydrogens is 663 g/mol. The Balaban J connectivity index is 1.22. The molecule has 1 aliphatic heterocycles. The van der Waals surface area contributed by atoms with E-state index in [1.54, 1.807) is 25.3 Å². The maximum Gasteiger partial charge on any atom is 0.317 e. The molecule has 0 fully saturated rings. The van der Waals surface area contributed by atoms with Gasteiger partial charge in [-0.2, -0.15) is 0 Å². The molecule has 1 amide bonds. The second kappa shape index (κ2) is 13.9. The summed E-state index contributed by atoms with van der Waals surface area (Å²) >= 11 is 15.3. The van der Waals surface area contributed by atoms with E-state index in [9.17, 15) is 14.7 Å². The zero-order chi connectivity index (χ0) is 33.2. The highest BCUT2D eigenvalue weighted by Gasteiger charge is 2.26. The van der Waals surface area contributed by atoms with E-state index < -0.39 is 12.1 Å². The van der Waals surface area contributed by atoms with Gasteiger partial charge in [0.25, 0.3) is 5.91 Å². The molecule has 0 radical (unpaired) electrons. The smallest absolute Gasteiger partial charge is 0.317 e. The van der Waals surface area contributed by atoms with Gasteiger partial charge in [-0.25, -0.2) is 15.0 Å². The fourth-order valence-corrected chi connectivity index (χ4v) is 7.12. The number of carboxylic acid groups (broad SMARTS) is 1. The number of aliphatic hydroxyl groups excluding tert-OH is 1. The number of carbonyl (C=O) groups excluding carboxylic acids is 1. The minimum Gasteiger partial charge on any atom is -0.480 e. The minimum atomic E-state index is -0.939. The summed E-state index contributed by atoms with van der Waals surface area (Å²) < 4.78 is 2.71. The lowest BCUT2D eigenvalue weighted by Crippen LogP contribution is -2.36. The Hall–Kier alpha value is -4.11. The van der Waals surface area contributed by atoms with Gasteiger partial charge in [0.1, 0.15) is 10.5 Å². The standard InChI is InChI=1S/C32H32Cl2N8O4S/c1-17(43)15-42-12-10-23-22(16-42)38-31(41(23)2)32(46)39-21-8-4-6-19(28(21)34)18-5-3-7-20(27(18)33)37-30-29-24(9-11-36-30)47-25(40-29)13-35-14-26(44)45/h3-9,11,17,35,43H,10,12-16H2,1-2H3,(H,36,37)(H,39,46)(H,44,45). The number of nitrogens with zero attached hydrogens (tertiary/aromatic N) is 5. The van der Waals surface area contributed by atoms with Gasteiger partial charge >= 0.3 is 5.97 Å². The number of pyridine rings is 1. The number of aromatic nitrogens is 4. The first-order valence-corrected chi connectivity index (χ1v) is 16.4. The van der Waals surface area contributed by atoms with Crippen LogP contribution in [0.25, 0.3) is 21.3 Å². The van der Waals surface area contributed by atoms with Gasteiger partial charge in [0.2, 0.25) is 0 Å². The molecule has 12 nitrogen and oxygen atoms in total. The lowest BCUT2D eigenvalue weighted by atomic mass is 10.0. The lowest BCUT2D eigenvalue weighted by Gasteiger charge is -2.27. The highest BCUT2D eigenvalue weighted by Crippen LogP contribution is 2.41. The summed E-state index contributed by atoms with van der Waals surface area (Å²) in [4.78, 5) is 40.2. The maximum absolute atomic E-state index is 13.4. The Morgan fingerprint density at radius 1 is 1.06 bits per heavy atom. The number of rotatable bonds is 11. The van der Waals surface area contributed by atoms with Gasteiger partial charge in [0.05, 0.1) is 44.5 Å². The normalized spacial score (nSPS) is 13.8. The number of β-amino-alcohol motifs (C(OH)–C–C–N with tert-alkyl or cyclic N) is 1. The number of thiazole rings is 1. The van der Waals surface area contributed by atoms with E-state index in [-0.39, 0.29) is 18.3 Å². The summed E-state index contributed by atoms with van der Waals surface area (Å²) in [5.74, 6) is -0.541. The first kappa shape index (κ1) is 32.8. The van der Waals surface area contributed by atoms with Crippen molar-refractivity contribution in [1.29, 1.82) is 0 Å². The fourth-order valence-electron chi connectivity index (χ4n) is 5.64. The van der Waals surface area contributed by atoms with Crippen LogP contribution in [0.5, 0.6) is 0 Å². The predicted molar refractivity (Wildman–Crippen MR) is 184 cm³/mol. The summed E-state index contributed by atoms with van der Waals surface area (Å²) in [6.45, 7) is 3.81. The minimum absolute atomic E-state index is 0.162. The number of halogens is 2. The number of benzene rings is 2. The number of aliphatic hydroxyl groups is 1. The zero-order valence-corrected chi connectivity index (χ0v) is 27.9. The molecule has 15 heteroatoms. The SMILES string of the molecule is CC(O)CN1CCc2c(nc(C(=O)Nc3cccc(-c4cccc(Nc5nccc6sc(CNCC(=O)O)nc56)c4Cl)c3Cl)n2C)C1. The number of nitrogens with one attached hydrogen (secondary N) is 3. The van der Waals surface area contributed by atoms with Crippen molar-refractivity contribution in [3.05, 3.63) is 80.9 Å². The maximum atomic E-state index is 13.4. The molecule has 0 saturated heterocycles. The van der Waals surface area contributed by atoms with Crippen molar-refractivity contribution in [3.63, 3.8) is 0 Å². The van der Waals surface area contributed by atoms with Crippen LogP contribution < -0.4 is 16.0 Å². The quantitative estimate of drug-likeness (QED) is 0.123. The second-order valence-corrected chi connectivity index (χ2v) is 13.1. The molecule has 2 aromatic carbocycles. The molecule has 5 N–H and O–H groups in total. The van der Waals surface area contributed by atoms with Crippen molar-refractivity contribution in [2.75, 3.05) is 30.3 Å². The van der Waals surface area contributed by atoms with E-state index >= 15 is 0 Å². The van der Waals surface area contributed by atoms with Crippen LogP contribution in [0.4, 0.5) is 17.2 Å². The first-order chi connectivity index (χ1) is 22.6. The predicted octanol–water partition coefficient (Wildman–Crippen LogP) is 5.31. The van der Waals surface area contributed by atoms with E-state index in [1.165, 1.54) is 11.3 Å². The Morgan fingerprint density at radius 2 is 1.79 bits per heavy atom. The van der Waals surface area contributed by atoms with Gasteiger partial charge in [0.15, 0.2) is 11.6 Å². The Morgan fingerprint density at radius 3 is 2.51 bits per heavy atom. The summed E-state index contributed by atoms with van der Waals surface area (Å²) in [7, 11) is 1.83. The van der Waals surface area contributed by atoms with Crippen molar-refractivity contribution in [2.24, 2.45) is 7.05 Å². The fraction of sp³-hybridized carbons (Fsp3) is 0.281. The molecule has 0 saturated carbocycles. The average Bonchev–Trinajstić information content (AvgIpc) is 3.60. The molecule has 47 heavy (non-hydrogen) atoms. The summed E-state index contributed by atoms with van der Waals surface area (Å²) in [5, 5.41) is 29.2. The summed E-state index contributed by atoms with van der Waals surface area (Å²) in [6, 6.07) is 12.7. The van der Waals surface area contributed by atoms with E-state index in [2.05, 4.69) is 35.8 Å². The van der Waals surface area contributed by atoms with Gasteiger partial charge in [-0.15, -0.1) is 11.3 Å². The van der Waals surface area contributed by atoms with Crippen LogP contribution in [-0.2, 0) is 31.4 Å². The molecule has 4 heterocycles. The van der Waals surface area contributed by atoms with E-state index in [0.29, 0.717) is 63.5 Å². The number of anilines is 3. The molecule has 6 rings (SSSR count). The van der Waals surface area contributed by atoms with Gasteiger partial charge in [0, 0.05) is 62.7 Å². The Labute approximate surface area is 284 Å². The van der Waals surface area contributed by atoms with E-state index in [4.69, 9.17) is 28.3 Å². The van der Waals surface area contributed by atoms with Gasteiger partial charge in [-0.1, -0.05) is 47.5 Å². The molecular formula is C32H32Cl2N8O4S. The average molecular weight is 696 g/mol. The number of amides is 1. The third kappa shape index (κ3) is 7.10. The summed E-state index contributed by atoms with van der Waals surface area (Å²) in [5.41, 5.74) is 4.73. The Bertz CT molecular complexity index is 1980. The zero-order valence-electron chi connectivity index (χ0n) is 25.5. The second-order valence-electron chi connectivity index (χ2n) is 11.2. The molecule has 3 aromatic heterocycles. The third-order valence-corrected chi connectivity index (χ3v) is 9.59. The number of aliphatic carboxylic acids is 1. The molecule has 5 aromatic rings. The van der Waals surface area contributed by atoms with Gasteiger partial charge in [-0.05, 0) is 25.1 Å². The van der Waals surface area contributed by atoms with E-state index in [1.807, 2.05) is 41.9 Å². The van der Waals surface area contributed by atoms with Crippen LogP contribution in [0.3, 0.4) is 0 Å². The van der Waals surface area contributed by atoms with Crippen LogP contribution in [0.1, 0.15) is 33.9 Å². The van der Waals surface area contributed by atoms with Crippen LogP contribution in [0.2, 0.25) is 10.0 Å². The van der Waals surface area contributed by atoms with Crippen LogP contribution in [0, 0.1) is 0 Å². The van der Waals surface area contributed by atoms with Gasteiger partial charge < -0.3 is 30.7 Å². The topological polar surface area (TPSA) is 158 Å². The number of fused-ring (bicyclic) bond motifs is 2. The monoisotopic (exact) mass is 694 g/mol. The molecule has 0 aliphatic carbocycles. The van der Waals surface area contributed by atoms with Crippen molar-refractivity contribution < 1.29 is 19.8 Å². The van der Waals surface area contributed by atoms with Crippen molar-refractivity contribution in [3.8, 4) is 11.1 Å². The van der Waals surface area contributed by atoms with Crippen molar-refractivity contribution in [1.82, 2.24) is 29.7 Å². The largest absolute Gasteiger partial charge is 0.480 e. The first-order valence-electron chi connectivity index (χ1n) is 14.9. The highest BCUT2D eigenvalue weighted by molar-refractivity contribution is 7.18. The number of carboxylic acids is 1. The van der Waals surface area contributed by atoms with Crippen molar-refractivity contribution in [2.45, 2.75) is 32.5 Å². The van der Waals surface area contributed by atoms with Crippen LogP contribution >= 0.6 is 34.5 Å². The van der Waals surface area contributed by atoms with E-state index in [0.717, 1.165) is 34.1 Å². The molecule has 1 atom stereocenters. The van der Waals surface area contributed by atoms with Gasteiger partial charge in [-0.3, -0.25) is 14.5 Å². The molecule has 0 bridgehead atoms. The van der Waals surface area contributed by atoms with Crippen LogP contribution in [0.15, 0.2) is 48.7 Å². The third-order valence-electron chi connectivity index (χ3n) is 7.75. The number of hydrogen-bond acceptors (Lipinski definition) is 10. The number of carbonyl (C=O) groups is 2. The Kier molecular flexibility index (Phi) is 9.73. The van der Waals surface area contributed by atoms with Crippen LogP contribution in [-0.4, -0.2) is 72.2 Å². The van der Waals surface area contributed by atoms with Crippen molar-refractivity contribution >= 4 is 73.8 Å². The lowest BCUT2D eigenvalue weighted by molar-refractivity contribution is -0.136. The molecule has 1 unspecified atom stereocenters. The summed E-state index contributed by atoms with van der Waals surface area (Å²) in [6.07, 6.45) is 1.96. The molecule has 1 aliphatic rings. The number of hydrogen-bond donors (Lipinski definition) is 5. The molecule has 244 valence electrons. The molecule has 0 spiro atoms. The highest BCUT2D eigenvalue weighted by atomic mass is 35.5.